The molecule has 0 aromatic heterocycles. The second kappa shape index (κ2) is 9.19. The highest BCUT2D eigenvalue weighted by Gasteiger charge is 2.19. The summed E-state index contributed by atoms with van der Waals surface area (Å²) in [5.74, 6) is 1.23. The number of hydrogen-bond acceptors (Lipinski definition) is 3. The molecule has 0 aliphatic heterocycles. The highest BCUT2D eigenvalue weighted by Crippen LogP contribution is 2.23. The molecule has 0 bridgehead atoms. The lowest BCUT2D eigenvalue weighted by molar-refractivity contribution is 0.0272. The van der Waals surface area contributed by atoms with Gasteiger partial charge in [0, 0.05) is 19.2 Å². The zero-order valence-electron chi connectivity index (χ0n) is 13.0. The van der Waals surface area contributed by atoms with E-state index in [1.807, 2.05) is 0 Å². The minimum absolute atomic E-state index is 0.188. The maximum atomic E-state index is 11.7. The van der Waals surface area contributed by atoms with Crippen LogP contribution in [0, 0.1) is 11.8 Å². The Kier molecular flexibility index (Phi) is 7.92. The lowest BCUT2D eigenvalue weighted by Gasteiger charge is -2.27. The third-order valence-corrected chi connectivity index (χ3v) is 3.61. The summed E-state index contributed by atoms with van der Waals surface area (Å²) in [4.78, 5) is 11.7. The number of urea groups is 1. The van der Waals surface area contributed by atoms with Gasteiger partial charge < -0.3 is 20.5 Å². The maximum Gasteiger partial charge on any atom is 0.315 e. The van der Waals surface area contributed by atoms with Gasteiger partial charge in [-0.25, -0.2) is 4.79 Å². The predicted octanol–water partition coefficient (Wildman–Crippen LogP) is 1.90. The van der Waals surface area contributed by atoms with Crippen molar-refractivity contribution in [2.75, 3.05) is 19.8 Å². The molecule has 0 saturated heterocycles. The molecule has 0 aromatic rings. The lowest BCUT2D eigenvalue weighted by Crippen LogP contribution is -2.46. The molecule has 1 atom stereocenters. The summed E-state index contributed by atoms with van der Waals surface area (Å²) in [6, 6.07) is 0.0907. The van der Waals surface area contributed by atoms with Crippen molar-refractivity contribution in [3.05, 3.63) is 0 Å². The van der Waals surface area contributed by atoms with E-state index in [0.717, 1.165) is 18.8 Å². The molecule has 2 amide bonds. The fourth-order valence-corrected chi connectivity index (χ4v) is 2.35. The molecule has 1 fully saturated rings. The third-order valence-electron chi connectivity index (χ3n) is 3.61. The molecular formula is C15H30N2O3. The van der Waals surface area contributed by atoms with Crippen molar-refractivity contribution >= 4 is 6.03 Å². The Hall–Kier alpha value is -0.810. The molecule has 3 N–H and O–H groups in total. The molecule has 1 unspecified atom stereocenters. The van der Waals surface area contributed by atoms with Gasteiger partial charge in [-0.1, -0.05) is 20.8 Å². The first-order chi connectivity index (χ1) is 9.47. The van der Waals surface area contributed by atoms with Crippen LogP contribution in [0.4, 0.5) is 4.79 Å². The summed E-state index contributed by atoms with van der Waals surface area (Å²) in [6.07, 6.45) is 3.81. The first-order valence-electron chi connectivity index (χ1n) is 7.77. The van der Waals surface area contributed by atoms with Gasteiger partial charge in [-0.05, 0) is 37.5 Å². The third kappa shape index (κ3) is 7.70. The summed E-state index contributed by atoms with van der Waals surface area (Å²) >= 11 is 0. The van der Waals surface area contributed by atoms with Gasteiger partial charge in [-0.2, -0.15) is 0 Å². The van der Waals surface area contributed by atoms with Crippen LogP contribution >= 0.6 is 0 Å². The van der Waals surface area contributed by atoms with Crippen molar-refractivity contribution < 1.29 is 14.6 Å². The fraction of sp³-hybridized carbons (Fsp3) is 0.933. The van der Waals surface area contributed by atoms with E-state index in [2.05, 4.69) is 31.4 Å². The van der Waals surface area contributed by atoms with Gasteiger partial charge >= 0.3 is 6.03 Å². The molecular weight excluding hydrogens is 256 g/mol. The van der Waals surface area contributed by atoms with E-state index in [1.165, 1.54) is 12.8 Å². The van der Waals surface area contributed by atoms with Crippen LogP contribution in [0.25, 0.3) is 0 Å². The van der Waals surface area contributed by atoms with E-state index >= 15 is 0 Å². The van der Waals surface area contributed by atoms with Gasteiger partial charge in [0.2, 0.25) is 0 Å². The Morgan fingerprint density at radius 1 is 1.25 bits per heavy atom. The van der Waals surface area contributed by atoms with E-state index < -0.39 is 6.10 Å². The second-order valence-electron chi connectivity index (χ2n) is 6.40. The Bertz CT molecular complexity index is 276. The largest absolute Gasteiger partial charge is 0.389 e. The highest BCUT2D eigenvalue weighted by molar-refractivity contribution is 5.74. The van der Waals surface area contributed by atoms with E-state index in [4.69, 9.17) is 4.74 Å². The van der Waals surface area contributed by atoms with Crippen molar-refractivity contribution in [3.8, 4) is 0 Å². The number of aliphatic hydroxyl groups is 1. The van der Waals surface area contributed by atoms with Crippen LogP contribution in [0.5, 0.6) is 0 Å². The molecule has 0 spiro atoms. The number of carbonyl (C=O) groups excluding carboxylic acids is 1. The molecule has 0 heterocycles. The van der Waals surface area contributed by atoms with Crippen LogP contribution in [-0.4, -0.2) is 43.0 Å². The van der Waals surface area contributed by atoms with Crippen molar-refractivity contribution in [1.29, 1.82) is 0 Å². The smallest absolute Gasteiger partial charge is 0.315 e. The van der Waals surface area contributed by atoms with Crippen LogP contribution < -0.4 is 10.6 Å². The van der Waals surface area contributed by atoms with Crippen molar-refractivity contribution in [2.45, 2.75) is 58.6 Å². The Balaban J connectivity index is 2.07. The van der Waals surface area contributed by atoms with Gasteiger partial charge in [0.15, 0.2) is 0 Å². The number of nitrogens with one attached hydrogen (secondary N) is 2. The van der Waals surface area contributed by atoms with Gasteiger partial charge in [0.1, 0.15) is 0 Å². The van der Waals surface area contributed by atoms with Crippen molar-refractivity contribution in [3.63, 3.8) is 0 Å². The number of aliphatic hydroxyl groups excluding tert-OH is 1. The van der Waals surface area contributed by atoms with Crippen molar-refractivity contribution in [2.24, 2.45) is 11.8 Å². The molecule has 0 aromatic carbocycles. The maximum absolute atomic E-state index is 11.7. The standard InChI is InChI=1S/C15H30N2O3/c1-11(2)9-20-10-14(18)8-16-15(19)17-13-6-4-12(3)5-7-13/h11-14,18H,4-10H2,1-3H3,(H2,16,17,19). The zero-order valence-corrected chi connectivity index (χ0v) is 13.0. The number of ether oxygens (including phenoxy) is 1. The van der Waals surface area contributed by atoms with Crippen LogP contribution in [0.3, 0.4) is 0 Å². The lowest BCUT2D eigenvalue weighted by atomic mass is 9.87. The monoisotopic (exact) mass is 286 g/mol. The molecule has 20 heavy (non-hydrogen) atoms. The quantitative estimate of drug-likeness (QED) is 0.669. The van der Waals surface area contributed by atoms with Gasteiger partial charge in [-0.3, -0.25) is 0 Å². The van der Waals surface area contributed by atoms with Crippen LogP contribution in [0.15, 0.2) is 0 Å². The molecule has 5 nitrogen and oxygen atoms in total. The topological polar surface area (TPSA) is 70.6 Å². The van der Waals surface area contributed by atoms with Gasteiger partial charge in [-0.15, -0.1) is 0 Å². The molecule has 1 rings (SSSR count). The average molecular weight is 286 g/mol. The summed E-state index contributed by atoms with van der Waals surface area (Å²) in [5.41, 5.74) is 0. The average Bonchev–Trinajstić information content (AvgIpc) is 2.39. The summed E-state index contributed by atoms with van der Waals surface area (Å²) < 4.78 is 5.33. The molecule has 1 aliphatic carbocycles. The van der Waals surface area contributed by atoms with E-state index in [0.29, 0.717) is 12.5 Å². The Labute approximate surface area is 122 Å². The Morgan fingerprint density at radius 2 is 1.90 bits per heavy atom. The van der Waals surface area contributed by atoms with Crippen LogP contribution in [0.1, 0.15) is 46.5 Å². The predicted molar refractivity (Wildman–Crippen MR) is 79.6 cm³/mol. The number of carbonyl (C=O) groups is 1. The van der Waals surface area contributed by atoms with Crippen LogP contribution in [0.2, 0.25) is 0 Å². The second-order valence-corrected chi connectivity index (χ2v) is 6.40. The SMILES string of the molecule is CC(C)COCC(O)CNC(=O)NC1CCC(C)CC1. The molecule has 5 heteroatoms. The zero-order chi connectivity index (χ0) is 15.0. The Morgan fingerprint density at radius 3 is 2.50 bits per heavy atom. The van der Waals surface area contributed by atoms with Gasteiger partial charge in [0.05, 0.1) is 12.7 Å². The number of rotatable bonds is 7. The minimum atomic E-state index is -0.647. The normalized spacial score (nSPS) is 24.4. The van der Waals surface area contributed by atoms with E-state index in [1.54, 1.807) is 0 Å². The first-order valence-corrected chi connectivity index (χ1v) is 7.77. The fourth-order valence-electron chi connectivity index (χ4n) is 2.35. The number of hydrogen-bond donors (Lipinski definition) is 3. The van der Waals surface area contributed by atoms with E-state index in [-0.39, 0.29) is 25.2 Å². The molecule has 0 radical (unpaired) electrons. The summed E-state index contributed by atoms with van der Waals surface area (Å²) in [6.45, 7) is 7.49. The number of amides is 2. The van der Waals surface area contributed by atoms with E-state index in [9.17, 15) is 9.90 Å². The van der Waals surface area contributed by atoms with Crippen molar-refractivity contribution in [1.82, 2.24) is 10.6 Å². The van der Waals surface area contributed by atoms with Crippen LogP contribution in [-0.2, 0) is 4.74 Å². The molecule has 1 saturated carbocycles. The summed E-state index contributed by atoms with van der Waals surface area (Å²) in [5, 5.41) is 15.4. The van der Waals surface area contributed by atoms with Gasteiger partial charge in [0.25, 0.3) is 0 Å². The highest BCUT2D eigenvalue weighted by atomic mass is 16.5. The molecule has 1 aliphatic rings. The molecule has 118 valence electrons. The first kappa shape index (κ1) is 17.2. The summed E-state index contributed by atoms with van der Waals surface area (Å²) in [7, 11) is 0. The minimum Gasteiger partial charge on any atom is -0.389 e.